The van der Waals surface area contributed by atoms with Crippen LogP contribution in [0.5, 0.6) is 0 Å². The summed E-state index contributed by atoms with van der Waals surface area (Å²) in [5.41, 5.74) is 0. The van der Waals surface area contributed by atoms with Crippen LogP contribution in [0.3, 0.4) is 0 Å². The number of hydrogen-bond acceptors (Lipinski definition) is 2. The summed E-state index contributed by atoms with van der Waals surface area (Å²) in [6.07, 6.45) is 1.95. The van der Waals surface area contributed by atoms with Crippen LogP contribution in [-0.4, -0.2) is 29.9 Å². The average Bonchev–Trinajstić information content (AvgIpc) is 2.15. The third kappa shape index (κ3) is 1.07. The van der Waals surface area contributed by atoms with Gasteiger partial charge in [-0.15, -0.1) is 0 Å². The van der Waals surface area contributed by atoms with Crippen LogP contribution in [0.15, 0.2) is 4.99 Å². The summed E-state index contributed by atoms with van der Waals surface area (Å²) in [5, 5.41) is 0. The molecule has 0 fully saturated rings. The third-order valence-electron chi connectivity index (χ3n) is 2.04. The minimum absolute atomic E-state index is 0.491. The second-order valence-electron chi connectivity index (χ2n) is 2.58. The number of nitrogens with zero attached hydrogens (tertiary/aromatic N) is 2. The molecule has 2 atom stereocenters. The molecule has 0 saturated heterocycles. The standard InChI is InChI=1S/C7H14N2/c1-4-9-5-8-6(2)7(9)3/h5-7H,4H2,1-3H3. The Morgan fingerprint density at radius 3 is 2.44 bits per heavy atom. The molecular weight excluding hydrogens is 112 g/mol. The van der Waals surface area contributed by atoms with Crippen molar-refractivity contribution in [2.45, 2.75) is 32.9 Å². The summed E-state index contributed by atoms with van der Waals surface area (Å²) in [6, 6.07) is 1.10. The lowest BCUT2D eigenvalue weighted by atomic mass is 10.2. The van der Waals surface area contributed by atoms with E-state index in [1.807, 2.05) is 6.34 Å². The van der Waals surface area contributed by atoms with Crippen molar-refractivity contribution in [3.8, 4) is 0 Å². The van der Waals surface area contributed by atoms with E-state index in [0.717, 1.165) is 6.54 Å². The van der Waals surface area contributed by atoms with Crippen LogP contribution in [0.2, 0.25) is 0 Å². The lowest BCUT2D eigenvalue weighted by molar-refractivity contribution is 0.352. The monoisotopic (exact) mass is 126 g/mol. The summed E-state index contributed by atoms with van der Waals surface area (Å²) >= 11 is 0. The van der Waals surface area contributed by atoms with Crippen molar-refractivity contribution in [1.29, 1.82) is 0 Å². The normalized spacial score (nSPS) is 33.9. The predicted molar refractivity (Wildman–Crippen MR) is 39.8 cm³/mol. The highest BCUT2D eigenvalue weighted by Gasteiger charge is 2.20. The van der Waals surface area contributed by atoms with Crippen molar-refractivity contribution in [3.63, 3.8) is 0 Å². The van der Waals surface area contributed by atoms with Crippen LogP contribution in [-0.2, 0) is 0 Å². The van der Waals surface area contributed by atoms with Gasteiger partial charge in [0, 0.05) is 12.6 Å². The fourth-order valence-electron chi connectivity index (χ4n) is 1.07. The molecule has 1 aliphatic heterocycles. The topological polar surface area (TPSA) is 15.6 Å². The van der Waals surface area contributed by atoms with Crippen molar-refractivity contribution in [1.82, 2.24) is 4.90 Å². The van der Waals surface area contributed by atoms with Gasteiger partial charge in [0.1, 0.15) is 0 Å². The summed E-state index contributed by atoms with van der Waals surface area (Å²) in [6.45, 7) is 7.59. The van der Waals surface area contributed by atoms with Crippen LogP contribution < -0.4 is 0 Å². The Balaban J connectivity index is 2.51. The van der Waals surface area contributed by atoms with E-state index in [1.165, 1.54) is 0 Å². The second-order valence-corrected chi connectivity index (χ2v) is 2.58. The lowest BCUT2D eigenvalue weighted by Gasteiger charge is -2.20. The molecule has 0 aromatic carbocycles. The highest BCUT2D eigenvalue weighted by Crippen LogP contribution is 2.10. The van der Waals surface area contributed by atoms with E-state index in [2.05, 4.69) is 30.7 Å². The Bertz CT molecular complexity index is 120. The SMILES string of the molecule is CCN1C=NC(C)C1C. The van der Waals surface area contributed by atoms with Crippen LogP contribution in [0, 0.1) is 0 Å². The molecule has 52 valence electrons. The minimum atomic E-state index is 0.491. The second kappa shape index (κ2) is 2.38. The highest BCUT2D eigenvalue weighted by molar-refractivity contribution is 5.58. The van der Waals surface area contributed by atoms with Crippen molar-refractivity contribution in [2.75, 3.05) is 6.54 Å². The Labute approximate surface area is 56.6 Å². The van der Waals surface area contributed by atoms with Gasteiger partial charge < -0.3 is 4.90 Å². The van der Waals surface area contributed by atoms with E-state index in [9.17, 15) is 0 Å². The zero-order chi connectivity index (χ0) is 6.85. The fourth-order valence-corrected chi connectivity index (χ4v) is 1.07. The van der Waals surface area contributed by atoms with Crippen molar-refractivity contribution >= 4 is 6.34 Å². The molecule has 0 aliphatic carbocycles. The molecule has 0 aromatic rings. The first-order valence-corrected chi connectivity index (χ1v) is 3.54. The van der Waals surface area contributed by atoms with Gasteiger partial charge >= 0.3 is 0 Å². The first kappa shape index (κ1) is 6.59. The molecule has 2 nitrogen and oxygen atoms in total. The van der Waals surface area contributed by atoms with E-state index in [0.29, 0.717) is 12.1 Å². The Morgan fingerprint density at radius 2 is 2.22 bits per heavy atom. The lowest BCUT2D eigenvalue weighted by Crippen LogP contribution is -2.31. The molecular formula is C7H14N2. The minimum Gasteiger partial charge on any atom is -0.358 e. The van der Waals surface area contributed by atoms with Crippen molar-refractivity contribution in [3.05, 3.63) is 0 Å². The molecule has 0 radical (unpaired) electrons. The summed E-state index contributed by atoms with van der Waals surface area (Å²) in [5.74, 6) is 0. The molecule has 1 rings (SSSR count). The van der Waals surface area contributed by atoms with Gasteiger partial charge in [-0.3, -0.25) is 4.99 Å². The Kier molecular flexibility index (Phi) is 1.74. The summed E-state index contributed by atoms with van der Waals surface area (Å²) in [4.78, 5) is 6.52. The van der Waals surface area contributed by atoms with Crippen LogP contribution in [0.1, 0.15) is 20.8 Å². The van der Waals surface area contributed by atoms with Crippen molar-refractivity contribution in [2.24, 2.45) is 4.99 Å². The zero-order valence-corrected chi connectivity index (χ0v) is 6.33. The molecule has 0 saturated carbocycles. The Hall–Kier alpha value is -0.530. The molecule has 2 heteroatoms. The summed E-state index contributed by atoms with van der Waals surface area (Å²) in [7, 11) is 0. The molecule has 0 amide bonds. The van der Waals surface area contributed by atoms with Gasteiger partial charge in [-0.25, -0.2) is 0 Å². The molecule has 1 heterocycles. The van der Waals surface area contributed by atoms with Gasteiger partial charge in [0.05, 0.1) is 12.4 Å². The van der Waals surface area contributed by atoms with Crippen molar-refractivity contribution < 1.29 is 0 Å². The number of likely N-dealkylation sites (N-methyl/N-ethyl adjacent to an activating group) is 1. The van der Waals surface area contributed by atoms with E-state index in [-0.39, 0.29) is 0 Å². The molecule has 0 aromatic heterocycles. The maximum Gasteiger partial charge on any atom is 0.0857 e. The average molecular weight is 126 g/mol. The van der Waals surface area contributed by atoms with E-state index in [1.54, 1.807) is 0 Å². The maximum atomic E-state index is 4.27. The van der Waals surface area contributed by atoms with Crippen LogP contribution in [0.4, 0.5) is 0 Å². The highest BCUT2D eigenvalue weighted by atomic mass is 15.2. The smallest absolute Gasteiger partial charge is 0.0857 e. The third-order valence-corrected chi connectivity index (χ3v) is 2.04. The van der Waals surface area contributed by atoms with Gasteiger partial charge in [0.25, 0.3) is 0 Å². The molecule has 1 aliphatic rings. The molecule has 0 spiro atoms. The van der Waals surface area contributed by atoms with E-state index in [4.69, 9.17) is 0 Å². The van der Waals surface area contributed by atoms with Gasteiger partial charge in [0.2, 0.25) is 0 Å². The van der Waals surface area contributed by atoms with Gasteiger partial charge in [-0.1, -0.05) is 0 Å². The van der Waals surface area contributed by atoms with Crippen LogP contribution >= 0.6 is 0 Å². The number of rotatable bonds is 1. The van der Waals surface area contributed by atoms with E-state index < -0.39 is 0 Å². The predicted octanol–water partition coefficient (Wildman–Crippen LogP) is 1.13. The quantitative estimate of drug-likeness (QED) is 0.514. The van der Waals surface area contributed by atoms with Gasteiger partial charge in [-0.2, -0.15) is 0 Å². The Morgan fingerprint density at radius 1 is 1.56 bits per heavy atom. The number of aliphatic imine (C=N–C) groups is 1. The molecule has 0 bridgehead atoms. The summed E-state index contributed by atoms with van der Waals surface area (Å²) < 4.78 is 0. The molecule has 0 N–H and O–H groups in total. The largest absolute Gasteiger partial charge is 0.358 e. The van der Waals surface area contributed by atoms with Gasteiger partial charge in [-0.05, 0) is 20.8 Å². The zero-order valence-electron chi connectivity index (χ0n) is 6.33. The number of hydrogen-bond donors (Lipinski definition) is 0. The van der Waals surface area contributed by atoms with Crippen LogP contribution in [0.25, 0.3) is 0 Å². The van der Waals surface area contributed by atoms with Gasteiger partial charge in [0.15, 0.2) is 0 Å². The first-order valence-electron chi connectivity index (χ1n) is 3.54. The van der Waals surface area contributed by atoms with E-state index >= 15 is 0 Å². The molecule has 2 unspecified atom stereocenters. The maximum absolute atomic E-state index is 4.27. The fraction of sp³-hybridized carbons (Fsp3) is 0.857. The molecule has 9 heavy (non-hydrogen) atoms. The first-order chi connectivity index (χ1) is 4.25.